The van der Waals surface area contributed by atoms with E-state index in [1.807, 2.05) is 24.1 Å². The molecule has 1 heterocycles. The summed E-state index contributed by atoms with van der Waals surface area (Å²) < 4.78 is 2.02. The van der Waals surface area contributed by atoms with E-state index >= 15 is 0 Å². The molecule has 0 radical (unpaired) electrons. The van der Waals surface area contributed by atoms with Crippen LogP contribution in [-0.4, -0.2) is 27.3 Å². The smallest absolute Gasteiger partial charge is 0.0945 e. The zero-order valence-corrected chi connectivity index (χ0v) is 9.19. The van der Waals surface area contributed by atoms with Crippen LogP contribution in [0.4, 0.5) is 0 Å². The SMILES string of the molecule is Cn1cncc1CNCC1CCC(O)C1. The van der Waals surface area contributed by atoms with Gasteiger partial charge in [-0.2, -0.15) is 0 Å². The molecule has 2 N–H and O–H groups in total. The molecule has 4 nitrogen and oxygen atoms in total. The van der Waals surface area contributed by atoms with Gasteiger partial charge in [0.1, 0.15) is 0 Å². The summed E-state index contributed by atoms with van der Waals surface area (Å²) in [4.78, 5) is 4.07. The van der Waals surface area contributed by atoms with Crippen LogP contribution in [0.15, 0.2) is 12.5 Å². The predicted molar refractivity (Wildman–Crippen MR) is 58.3 cm³/mol. The van der Waals surface area contributed by atoms with E-state index in [4.69, 9.17) is 0 Å². The fourth-order valence-electron chi connectivity index (χ4n) is 2.19. The second-order valence-electron chi connectivity index (χ2n) is 4.46. The third kappa shape index (κ3) is 2.79. The standard InChI is InChI=1S/C11H19N3O/c1-14-8-13-7-10(14)6-12-5-9-2-3-11(15)4-9/h7-9,11-12,15H,2-6H2,1H3. The number of aromatic nitrogens is 2. The Hall–Kier alpha value is -0.870. The van der Waals surface area contributed by atoms with Gasteiger partial charge in [-0.3, -0.25) is 0 Å². The largest absolute Gasteiger partial charge is 0.393 e. The summed E-state index contributed by atoms with van der Waals surface area (Å²) in [5.74, 6) is 0.647. The van der Waals surface area contributed by atoms with Gasteiger partial charge < -0.3 is 15.0 Å². The van der Waals surface area contributed by atoms with Gasteiger partial charge in [-0.25, -0.2) is 4.98 Å². The molecule has 2 atom stereocenters. The third-order valence-electron chi connectivity index (χ3n) is 3.17. The van der Waals surface area contributed by atoms with E-state index < -0.39 is 0 Å². The quantitative estimate of drug-likeness (QED) is 0.766. The number of hydrogen-bond acceptors (Lipinski definition) is 3. The maximum Gasteiger partial charge on any atom is 0.0945 e. The highest BCUT2D eigenvalue weighted by atomic mass is 16.3. The summed E-state index contributed by atoms with van der Waals surface area (Å²) >= 11 is 0. The van der Waals surface area contributed by atoms with Crippen molar-refractivity contribution in [2.75, 3.05) is 6.54 Å². The van der Waals surface area contributed by atoms with E-state index in [1.165, 1.54) is 5.69 Å². The minimum Gasteiger partial charge on any atom is -0.393 e. The van der Waals surface area contributed by atoms with Gasteiger partial charge in [0.2, 0.25) is 0 Å². The van der Waals surface area contributed by atoms with Gasteiger partial charge in [0.25, 0.3) is 0 Å². The number of aryl methyl sites for hydroxylation is 1. The molecule has 1 aromatic rings. The molecule has 0 amide bonds. The molecule has 1 fully saturated rings. The van der Waals surface area contributed by atoms with Gasteiger partial charge in [-0.05, 0) is 31.7 Å². The Bertz CT molecular complexity index is 311. The molecule has 0 bridgehead atoms. The van der Waals surface area contributed by atoms with Crippen LogP contribution < -0.4 is 5.32 Å². The Balaban J connectivity index is 1.69. The highest BCUT2D eigenvalue weighted by Crippen LogP contribution is 2.24. The van der Waals surface area contributed by atoms with E-state index in [9.17, 15) is 5.11 Å². The van der Waals surface area contributed by atoms with Crippen LogP contribution in [0.5, 0.6) is 0 Å². The molecular formula is C11H19N3O. The number of hydrogen-bond donors (Lipinski definition) is 2. The highest BCUT2D eigenvalue weighted by Gasteiger charge is 2.21. The Morgan fingerprint density at radius 2 is 2.47 bits per heavy atom. The summed E-state index contributed by atoms with van der Waals surface area (Å²) in [5, 5.41) is 12.8. The van der Waals surface area contributed by atoms with Gasteiger partial charge in [0.05, 0.1) is 18.1 Å². The number of nitrogens with zero attached hydrogens (tertiary/aromatic N) is 2. The van der Waals surface area contributed by atoms with E-state index in [1.54, 1.807) is 0 Å². The fourth-order valence-corrected chi connectivity index (χ4v) is 2.19. The Kier molecular flexibility index (Phi) is 3.38. The first-order valence-electron chi connectivity index (χ1n) is 5.59. The molecule has 0 aliphatic heterocycles. The Labute approximate surface area is 90.3 Å². The molecule has 4 heteroatoms. The first-order chi connectivity index (χ1) is 7.25. The maximum atomic E-state index is 9.39. The molecule has 84 valence electrons. The van der Waals surface area contributed by atoms with Crippen LogP contribution in [0.2, 0.25) is 0 Å². The lowest BCUT2D eigenvalue weighted by Gasteiger charge is -2.10. The number of nitrogens with one attached hydrogen (secondary N) is 1. The van der Waals surface area contributed by atoms with E-state index in [0.717, 1.165) is 32.4 Å². The van der Waals surface area contributed by atoms with Gasteiger partial charge in [0.15, 0.2) is 0 Å². The average Bonchev–Trinajstić information content (AvgIpc) is 2.77. The van der Waals surface area contributed by atoms with Crippen LogP contribution in [0.3, 0.4) is 0 Å². The van der Waals surface area contributed by atoms with Gasteiger partial charge in [-0.1, -0.05) is 0 Å². The maximum absolute atomic E-state index is 9.39. The molecule has 1 aliphatic carbocycles. The van der Waals surface area contributed by atoms with Crippen molar-refractivity contribution in [3.05, 3.63) is 18.2 Å². The minimum atomic E-state index is -0.0616. The zero-order chi connectivity index (χ0) is 10.7. The van der Waals surface area contributed by atoms with Crippen molar-refractivity contribution in [3.8, 4) is 0 Å². The topological polar surface area (TPSA) is 50.1 Å². The van der Waals surface area contributed by atoms with E-state index in [2.05, 4.69) is 10.3 Å². The summed E-state index contributed by atoms with van der Waals surface area (Å²) in [6.45, 7) is 1.87. The normalized spacial score (nSPS) is 26.0. The lowest BCUT2D eigenvalue weighted by molar-refractivity contribution is 0.177. The van der Waals surface area contributed by atoms with Crippen molar-refractivity contribution in [2.45, 2.75) is 31.9 Å². The molecule has 2 rings (SSSR count). The first kappa shape index (κ1) is 10.6. The van der Waals surface area contributed by atoms with E-state index in [0.29, 0.717) is 5.92 Å². The zero-order valence-electron chi connectivity index (χ0n) is 9.19. The molecule has 2 unspecified atom stereocenters. The molecule has 0 spiro atoms. The molecule has 0 saturated heterocycles. The average molecular weight is 209 g/mol. The van der Waals surface area contributed by atoms with Gasteiger partial charge in [0, 0.05) is 19.8 Å². The number of rotatable bonds is 4. The lowest BCUT2D eigenvalue weighted by Crippen LogP contribution is -2.22. The predicted octanol–water partition coefficient (Wildman–Crippen LogP) is 0.671. The summed E-state index contributed by atoms with van der Waals surface area (Å²) in [6.07, 6.45) is 6.72. The van der Waals surface area contributed by atoms with Gasteiger partial charge in [-0.15, -0.1) is 0 Å². The van der Waals surface area contributed by atoms with Gasteiger partial charge >= 0.3 is 0 Å². The van der Waals surface area contributed by atoms with Crippen molar-refractivity contribution in [2.24, 2.45) is 13.0 Å². The van der Waals surface area contributed by atoms with Crippen molar-refractivity contribution >= 4 is 0 Å². The van der Waals surface area contributed by atoms with Crippen molar-refractivity contribution in [3.63, 3.8) is 0 Å². The summed E-state index contributed by atoms with van der Waals surface area (Å²) in [5.41, 5.74) is 1.20. The fraction of sp³-hybridized carbons (Fsp3) is 0.727. The van der Waals surface area contributed by atoms with Crippen molar-refractivity contribution in [1.29, 1.82) is 0 Å². The second kappa shape index (κ2) is 4.77. The molecule has 0 aromatic carbocycles. The molecular weight excluding hydrogens is 190 g/mol. The minimum absolute atomic E-state index is 0.0616. The van der Waals surface area contributed by atoms with Crippen LogP contribution >= 0.6 is 0 Å². The number of aliphatic hydroxyl groups is 1. The van der Waals surface area contributed by atoms with Crippen molar-refractivity contribution < 1.29 is 5.11 Å². The van der Waals surface area contributed by atoms with E-state index in [-0.39, 0.29) is 6.10 Å². The number of imidazole rings is 1. The lowest BCUT2D eigenvalue weighted by atomic mass is 10.1. The Morgan fingerprint density at radius 1 is 1.60 bits per heavy atom. The molecule has 1 aromatic heterocycles. The van der Waals surface area contributed by atoms with Crippen LogP contribution in [0.25, 0.3) is 0 Å². The van der Waals surface area contributed by atoms with Crippen LogP contribution in [0.1, 0.15) is 25.0 Å². The number of aliphatic hydroxyl groups excluding tert-OH is 1. The monoisotopic (exact) mass is 209 g/mol. The highest BCUT2D eigenvalue weighted by molar-refractivity contribution is 4.96. The third-order valence-corrected chi connectivity index (χ3v) is 3.17. The second-order valence-corrected chi connectivity index (χ2v) is 4.46. The Morgan fingerprint density at radius 3 is 3.07 bits per heavy atom. The summed E-state index contributed by atoms with van der Waals surface area (Å²) in [7, 11) is 2.00. The van der Waals surface area contributed by atoms with Crippen LogP contribution in [0, 0.1) is 5.92 Å². The molecule has 1 aliphatic rings. The molecule has 15 heavy (non-hydrogen) atoms. The van der Waals surface area contributed by atoms with Crippen LogP contribution in [-0.2, 0) is 13.6 Å². The first-order valence-corrected chi connectivity index (χ1v) is 5.59. The molecule has 1 saturated carbocycles. The van der Waals surface area contributed by atoms with Crippen molar-refractivity contribution in [1.82, 2.24) is 14.9 Å². The summed E-state index contributed by atoms with van der Waals surface area (Å²) in [6, 6.07) is 0.